The quantitative estimate of drug-likeness (QED) is 0.559. The molecule has 2 fully saturated rings. The van der Waals surface area contributed by atoms with Crippen molar-refractivity contribution in [1.29, 1.82) is 0 Å². The van der Waals surface area contributed by atoms with Crippen molar-refractivity contribution in [2.75, 3.05) is 13.7 Å². The van der Waals surface area contributed by atoms with Crippen LogP contribution < -0.4 is 0 Å². The summed E-state index contributed by atoms with van der Waals surface area (Å²) in [5, 5.41) is 23.2. The van der Waals surface area contributed by atoms with Gasteiger partial charge >= 0.3 is 0 Å². The van der Waals surface area contributed by atoms with Crippen LogP contribution in [-0.2, 0) is 14.9 Å². The van der Waals surface area contributed by atoms with Crippen LogP contribution in [0.2, 0.25) is 0 Å². The fourth-order valence-corrected chi connectivity index (χ4v) is 7.66. The maximum Gasteiger partial charge on any atom is 0.156 e. The summed E-state index contributed by atoms with van der Waals surface area (Å²) in [6, 6.07) is 8.99. The van der Waals surface area contributed by atoms with Gasteiger partial charge in [0.25, 0.3) is 0 Å². The lowest BCUT2D eigenvalue weighted by Crippen LogP contribution is -2.54. The summed E-state index contributed by atoms with van der Waals surface area (Å²) < 4.78 is 5.13. The maximum absolute atomic E-state index is 12.3. The fraction of sp³-hybridized carbons (Fsp3) is 0.594. The molecule has 0 heterocycles. The molecule has 1 aromatic carbocycles. The maximum atomic E-state index is 12.3. The summed E-state index contributed by atoms with van der Waals surface area (Å²) in [7, 11) is 1.59. The van der Waals surface area contributed by atoms with Crippen molar-refractivity contribution in [1.82, 2.24) is 0 Å². The Labute approximate surface area is 215 Å². The Hall–Kier alpha value is -2.19. The van der Waals surface area contributed by atoms with Gasteiger partial charge in [0.05, 0.1) is 6.10 Å². The molecule has 2 N–H and O–H groups in total. The minimum atomic E-state index is -1.48. The molecule has 0 saturated heterocycles. The van der Waals surface area contributed by atoms with Crippen LogP contribution in [0.1, 0.15) is 83.3 Å². The van der Waals surface area contributed by atoms with Gasteiger partial charge in [-0.1, -0.05) is 69.4 Å². The molecule has 0 bridgehead atoms. The highest BCUT2D eigenvalue weighted by atomic mass is 16.5. The van der Waals surface area contributed by atoms with Gasteiger partial charge in [-0.05, 0) is 77.7 Å². The van der Waals surface area contributed by atoms with Gasteiger partial charge < -0.3 is 14.9 Å². The number of aliphatic hydroxyl groups excluding tert-OH is 1. The van der Waals surface area contributed by atoms with Crippen LogP contribution >= 0.6 is 0 Å². The third-order valence-electron chi connectivity index (χ3n) is 9.63. The van der Waals surface area contributed by atoms with Gasteiger partial charge in [-0.25, -0.2) is 0 Å². The fourth-order valence-electron chi connectivity index (χ4n) is 7.66. The van der Waals surface area contributed by atoms with E-state index in [1.165, 1.54) is 27.8 Å². The summed E-state index contributed by atoms with van der Waals surface area (Å²) in [5.41, 5.74) is 4.62. The monoisotopic (exact) mass is 488 g/mol. The highest BCUT2D eigenvalue weighted by molar-refractivity contribution is 5.93. The zero-order valence-electron chi connectivity index (χ0n) is 22.4. The number of methoxy groups -OCH3 is 1. The number of hydrogen-bond acceptors (Lipinski definition) is 4. The molecule has 4 aliphatic carbocycles. The first-order valence-corrected chi connectivity index (χ1v) is 13.5. The number of ketones is 1. The third kappa shape index (κ3) is 3.92. The molecule has 0 aromatic heterocycles. The van der Waals surface area contributed by atoms with Crippen molar-refractivity contribution < 1.29 is 19.7 Å². The lowest BCUT2D eigenvalue weighted by Gasteiger charge is -2.53. The van der Waals surface area contributed by atoms with Gasteiger partial charge in [0.1, 0.15) is 6.61 Å². The second-order valence-corrected chi connectivity index (χ2v) is 12.6. The zero-order chi connectivity index (χ0) is 25.9. The normalized spacial score (nSPS) is 35.9. The van der Waals surface area contributed by atoms with E-state index in [0.29, 0.717) is 12.8 Å². The molecule has 4 aliphatic rings. The summed E-state index contributed by atoms with van der Waals surface area (Å²) in [4.78, 5) is 12.3. The predicted molar refractivity (Wildman–Crippen MR) is 141 cm³/mol. The Bertz CT molecular complexity index is 1170. The van der Waals surface area contributed by atoms with E-state index in [1.807, 2.05) is 6.08 Å². The lowest BCUT2D eigenvalue weighted by atomic mass is 9.51. The van der Waals surface area contributed by atoms with Crippen LogP contribution in [0.3, 0.4) is 0 Å². The summed E-state index contributed by atoms with van der Waals surface area (Å²) in [6.07, 6.45) is 5.46. The van der Waals surface area contributed by atoms with Crippen LogP contribution in [-0.4, -0.2) is 41.4 Å². The molecule has 0 unspecified atom stereocenters. The summed E-state index contributed by atoms with van der Waals surface area (Å²) in [6.45, 7) is 9.05. The third-order valence-corrected chi connectivity index (χ3v) is 9.63. The predicted octanol–water partition coefficient (Wildman–Crippen LogP) is 5.24. The molecular formula is C32H40O4. The number of rotatable bonds is 2. The molecule has 6 atom stereocenters. The molecule has 1 aromatic rings. The van der Waals surface area contributed by atoms with Crippen LogP contribution in [0.4, 0.5) is 0 Å². The summed E-state index contributed by atoms with van der Waals surface area (Å²) in [5.74, 6) is 6.80. The Balaban J connectivity index is 1.66. The van der Waals surface area contributed by atoms with Gasteiger partial charge in [0.2, 0.25) is 0 Å². The van der Waals surface area contributed by atoms with Gasteiger partial charge in [-0.2, -0.15) is 0 Å². The van der Waals surface area contributed by atoms with E-state index < -0.39 is 17.1 Å². The minimum absolute atomic E-state index is 0.0732. The number of benzene rings is 1. The Morgan fingerprint density at radius 1 is 1.14 bits per heavy atom. The Morgan fingerprint density at radius 3 is 2.53 bits per heavy atom. The van der Waals surface area contributed by atoms with Crippen LogP contribution in [0.25, 0.3) is 0 Å². The SMILES string of the molecule is COCC#C[C@]1(O)[C@H](O)C[C@H]2[C@@H]3CCC4=CC(=O)CCC4=C3[C@@H](c3ccc(C(C)(C)C)cc3)C[C@@]21C. The van der Waals surface area contributed by atoms with E-state index in [4.69, 9.17) is 4.74 Å². The van der Waals surface area contributed by atoms with Gasteiger partial charge in [0, 0.05) is 24.9 Å². The van der Waals surface area contributed by atoms with Crippen molar-refractivity contribution in [2.24, 2.45) is 17.3 Å². The molecule has 4 nitrogen and oxygen atoms in total. The molecule has 0 amide bonds. The molecule has 0 spiro atoms. The average molecular weight is 489 g/mol. The van der Waals surface area contributed by atoms with Crippen molar-refractivity contribution in [3.05, 3.63) is 58.2 Å². The number of ether oxygens (including phenoxy) is 1. The molecule has 2 saturated carbocycles. The highest BCUT2D eigenvalue weighted by Gasteiger charge is 2.66. The van der Waals surface area contributed by atoms with E-state index in [9.17, 15) is 15.0 Å². The van der Waals surface area contributed by atoms with Crippen LogP contribution in [0, 0.1) is 29.1 Å². The second kappa shape index (κ2) is 8.98. The molecular weight excluding hydrogens is 448 g/mol. The van der Waals surface area contributed by atoms with Gasteiger partial charge in [-0.3, -0.25) is 4.79 Å². The first kappa shape index (κ1) is 25.5. The molecule has 4 heteroatoms. The number of allylic oxidation sites excluding steroid dienone is 4. The number of carbonyl (C=O) groups excluding carboxylic acids is 1. The van der Waals surface area contributed by atoms with Crippen LogP contribution in [0.5, 0.6) is 0 Å². The molecule has 0 aliphatic heterocycles. The number of hydrogen-bond donors (Lipinski definition) is 2. The van der Waals surface area contributed by atoms with E-state index in [-0.39, 0.29) is 35.6 Å². The lowest BCUT2D eigenvalue weighted by molar-refractivity contribution is -0.114. The first-order chi connectivity index (χ1) is 17.0. The molecule has 36 heavy (non-hydrogen) atoms. The van der Waals surface area contributed by atoms with Gasteiger partial charge in [-0.15, -0.1) is 0 Å². The van der Waals surface area contributed by atoms with E-state index in [2.05, 4.69) is 63.8 Å². The van der Waals surface area contributed by atoms with Crippen molar-refractivity contribution in [3.8, 4) is 11.8 Å². The van der Waals surface area contributed by atoms with E-state index >= 15 is 0 Å². The first-order valence-electron chi connectivity index (χ1n) is 13.5. The smallest absolute Gasteiger partial charge is 0.156 e. The topological polar surface area (TPSA) is 66.8 Å². The Morgan fingerprint density at radius 2 is 1.86 bits per heavy atom. The Kier molecular flexibility index (Phi) is 6.35. The summed E-state index contributed by atoms with van der Waals surface area (Å²) >= 11 is 0. The molecule has 192 valence electrons. The molecule has 0 radical (unpaired) electrons. The molecule has 5 rings (SSSR count). The van der Waals surface area contributed by atoms with Crippen molar-refractivity contribution >= 4 is 5.78 Å². The number of carbonyl (C=O) groups is 1. The zero-order valence-corrected chi connectivity index (χ0v) is 22.4. The standard InChI is InChI=1S/C32H40O4/c1-30(2,3)22-10-7-20(8-11-22)26-19-31(4)27(18-28(34)32(31,35)15-6-16-36-5)25-13-9-21-17-23(33)12-14-24(21)29(25)26/h7-8,10-11,17,25-28,34-35H,9,12-14,16,18-19H2,1-5H3/t25-,26+,27-,28+,31-,32-/m0/s1. The highest BCUT2D eigenvalue weighted by Crippen LogP contribution is 2.66. The van der Waals surface area contributed by atoms with Crippen molar-refractivity contribution in [2.45, 2.75) is 89.3 Å². The second-order valence-electron chi connectivity index (χ2n) is 12.6. The number of fused-ring (bicyclic) bond motifs is 4. The van der Waals surface area contributed by atoms with Crippen molar-refractivity contribution in [3.63, 3.8) is 0 Å². The van der Waals surface area contributed by atoms with E-state index in [1.54, 1.807) is 7.11 Å². The number of aliphatic hydroxyl groups is 2. The van der Waals surface area contributed by atoms with Crippen LogP contribution in [0.15, 0.2) is 47.1 Å². The van der Waals surface area contributed by atoms with E-state index in [0.717, 1.165) is 25.7 Å². The minimum Gasteiger partial charge on any atom is -0.389 e. The average Bonchev–Trinajstić information content (AvgIpc) is 3.03. The largest absolute Gasteiger partial charge is 0.389 e. The van der Waals surface area contributed by atoms with Gasteiger partial charge in [0.15, 0.2) is 11.4 Å².